The third kappa shape index (κ3) is 4.24. The molecule has 0 spiro atoms. The van der Waals surface area contributed by atoms with Gasteiger partial charge < -0.3 is 16.0 Å². The standard InChI is InChI=1S/C19H27F2N7/c1-28(14-4-2-13(22)3-5-14)18-23-9-7-16(25-18)24-17-10-15(26-27-17)12-6-8-19(20,21)11-12/h7,9-10,12-14H,2-6,8,11,22H2,1H3,(H2,23,24,25,26,27)/t12?,13-,14-. The van der Waals surface area contributed by atoms with Crippen molar-refractivity contribution < 1.29 is 8.78 Å². The first-order valence-corrected chi connectivity index (χ1v) is 9.91. The topological polar surface area (TPSA) is 95.8 Å². The Bertz CT molecular complexity index is 801. The predicted molar refractivity (Wildman–Crippen MR) is 104 cm³/mol. The number of alkyl halides is 2. The first kappa shape index (κ1) is 19.0. The summed E-state index contributed by atoms with van der Waals surface area (Å²) in [5.74, 6) is -0.904. The lowest BCUT2D eigenvalue weighted by Gasteiger charge is -2.33. The number of aromatic amines is 1. The minimum Gasteiger partial charge on any atom is -0.341 e. The third-order valence-electron chi connectivity index (χ3n) is 5.94. The van der Waals surface area contributed by atoms with Crippen molar-refractivity contribution in [2.45, 2.75) is 68.9 Å². The molecular weight excluding hydrogens is 364 g/mol. The molecule has 152 valence electrons. The molecule has 2 aliphatic rings. The predicted octanol–water partition coefficient (Wildman–Crippen LogP) is 3.55. The molecule has 28 heavy (non-hydrogen) atoms. The van der Waals surface area contributed by atoms with E-state index in [0.717, 1.165) is 31.4 Å². The number of hydrogen-bond acceptors (Lipinski definition) is 6. The smallest absolute Gasteiger partial charge is 0.248 e. The van der Waals surface area contributed by atoms with Gasteiger partial charge in [0.1, 0.15) is 5.82 Å². The van der Waals surface area contributed by atoms with E-state index in [1.54, 1.807) is 18.3 Å². The van der Waals surface area contributed by atoms with E-state index in [1.807, 2.05) is 7.05 Å². The Labute approximate surface area is 163 Å². The van der Waals surface area contributed by atoms with Crippen LogP contribution in [0, 0.1) is 0 Å². The molecule has 0 aromatic carbocycles. The molecule has 0 radical (unpaired) electrons. The van der Waals surface area contributed by atoms with Gasteiger partial charge in [-0.25, -0.2) is 13.8 Å². The van der Waals surface area contributed by atoms with Crippen LogP contribution in [0.3, 0.4) is 0 Å². The molecule has 2 aromatic heterocycles. The summed E-state index contributed by atoms with van der Waals surface area (Å²) < 4.78 is 26.9. The molecule has 0 bridgehead atoms. The largest absolute Gasteiger partial charge is 0.341 e. The number of nitrogens with zero attached hydrogens (tertiary/aromatic N) is 4. The maximum Gasteiger partial charge on any atom is 0.248 e. The molecule has 2 heterocycles. The number of nitrogens with two attached hydrogens (primary N) is 1. The number of nitrogens with one attached hydrogen (secondary N) is 2. The van der Waals surface area contributed by atoms with Gasteiger partial charge in [-0.2, -0.15) is 10.1 Å². The average molecular weight is 391 g/mol. The van der Waals surface area contributed by atoms with Crippen LogP contribution in [0.4, 0.5) is 26.4 Å². The summed E-state index contributed by atoms with van der Waals surface area (Å²) in [6, 6.07) is 4.25. The minimum atomic E-state index is -2.57. The molecule has 0 saturated heterocycles. The summed E-state index contributed by atoms with van der Waals surface area (Å²) in [4.78, 5) is 11.1. The van der Waals surface area contributed by atoms with E-state index in [1.165, 1.54) is 0 Å². The molecule has 1 unspecified atom stereocenters. The number of anilines is 3. The third-order valence-corrected chi connectivity index (χ3v) is 5.94. The summed E-state index contributed by atoms with van der Waals surface area (Å²) in [5.41, 5.74) is 6.74. The van der Waals surface area contributed by atoms with Gasteiger partial charge in [0.2, 0.25) is 11.9 Å². The number of hydrogen-bond donors (Lipinski definition) is 3. The Morgan fingerprint density at radius 2 is 2.00 bits per heavy atom. The highest BCUT2D eigenvalue weighted by Gasteiger charge is 2.40. The summed E-state index contributed by atoms with van der Waals surface area (Å²) in [5, 5.41) is 10.2. The molecule has 7 nitrogen and oxygen atoms in total. The molecule has 9 heteroatoms. The van der Waals surface area contributed by atoms with Crippen LogP contribution in [-0.4, -0.2) is 45.2 Å². The Morgan fingerprint density at radius 1 is 1.21 bits per heavy atom. The van der Waals surface area contributed by atoms with E-state index in [-0.39, 0.29) is 18.8 Å². The minimum absolute atomic E-state index is 0.0624. The second kappa shape index (κ2) is 7.62. The zero-order valence-electron chi connectivity index (χ0n) is 16.0. The number of aromatic nitrogens is 4. The first-order chi connectivity index (χ1) is 13.4. The van der Waals surface area contributed by atoms with E-state index in [0.29, 0.717) is 36.1 Å². The van der Waals surface area contributed by atoms with Gasteiger partial charge >= 0.3 is 0 Å². The Balaban J connectivity index is 1.41. The highest BCUT2D eigenvalue weighted by Crippen LogP contribution is 2.43. The number of halogens is 2. The molecule has 2 fully saturated rings. The van der Waals surface area contributed by atoms with Gasteiger partial charge in [-0.05, 0) is 38.2 Å². The van der Waals surface area contributed by atoms with Crippen molar-refractivity contribution in [3.05, 3.63) is 24.0 Å². The van der Waals surface area contributed by atoms with E-state index in [9.17, 15) is 8.78 Å². The van der Waals surface area contributed by atoms with Crippen LogP contribution in [0.15, 0.2) is 18.3 Å². The van der Waals surface area contributed by atoms with Gasteiger partial charge in [-0.15, -0.1) is 0 Å². The second-order valence-corrected chi connectivity index (χ2v) is 8.05. The fourth-order valence-electron chi connectivity index (χ4n) is 4.20. The SMILES string of the molecule is CN(c1nccc(Nc2cc(C3CCC(F)(F)C3)[nH]n2)n1)[C@H]1CC[C@H](N)CC1. The van der Waals surface area contributed by atoms with Crippen molar-refractivity contribution in [2.75, 3.05) is 17.3 Å². The monoisotopic (exact) mass is 391 g/mol. The fraction of sp³-hybridized carbons (Fsp3) is 0.632. The van der Waals surface area contributed by atoms with Crippen LogP contribution in [0.1, 0.15) is 56.6 Å². The summed E-state index contributed by atoms with van der Waals surface area (Å²) in [6.07, 6.45) is 6.10. The van der Waals surface area contributed by atoms with E-state index in [4.69, 9.17) is 5.73 Å². The Morgan fingerprint density at radius 3 is 2.71 bits per heavy atom. The lowest BCUT2D eigenvalue weighted by molar-refractivity contribution is 0.00766. The van der Waals surface area contributed by atoms with Crippen molar-refractivity contribution in [3.63, 3.8) is 0 Å². The van der Waals surface area contributed by atoms with E-state index >= 15 is 0 Å². The molecule has 1 atom stereocenters. The van der Waals surface area contributed by atoms with E-state index in [2.05, 4.69) is 30.4 Å². The Kier molecular flexibility index (Phi) is 5.18. The van der Waals surface area contributed by atoms with Gasteiger partial charge in [0.05, 0.1) is 0 Å². The van der Waals surface area contributed by atoms with Crippen LogP contribution in [0.5, 0.6) is 0 Å². The molecule has 2 aromatic rings. The van der Waals surface area contributed by atoms with Gasteiger partial charge in [-0.3, -0.25) is 5.10 Å². The van der Waals surface area contributed by atoms with Crippen molar-refractivity contribution in [1.29, 1.82) is 0 Å². The quantitative estimate of drug-likeness (QED) is 0.721. The summed E-state index contributed by atoms with van der Waals surface area (Å²) in [6.45, 7) is 0. The molecule has 4 N–H and O–H groups in total. The van der Waals surface area contributed by atoms with Crippen LogP contribution in [-0.2, 0) is 0 Å². The Hall–Kier alpha value is -2.29. The number of H-pyrrole nitrogens is 1. The van der Waals surface area contributed by atoms with Crippen molar-refractivity contribution >= 4 is 17.6 Å². The highest BCUT2D eigenvalue weighted by molar-refractivity contribution is 5.53. The molecule has 4 rings (SSSR count). The van der Waals surface area contributed by atoms with Gasteiger partial charge in [0.25, 0.3) is 0 Å². The first-order valence-electron chi connectivity index (χ1n) is 9.91. The van der Waals surface area contributed by atoms with Crippen LogP contribution in [0.25, 0.3) is 0 Å². The van der Waals surface area contributed by atoms with Crippen molar-refractivity contribution in [3.8, 4) is 0 Å². The normalized spacial score (nSPS) is 26.9. The van der Waals surface area contributed by atoms with Gasteiger partial charge in [0, 0.05) is 55.8 Å². The highest BCUT2D eigenvalue weighted by atomic mass is 19.3. The molecule has 2 saturated carbocycles. The van der Waals surface area contributed by atoms with Crippen molar-refractivity contribution in [1.82, 2.24) is 20.2 Å². The van der Waals surface area contributed by atoms with Gasteiger partial charge in [-0.1, -0.05) is 0 Å². The summed E-state index contributed by atoms with van der Waals surface area (Å²) >= 11 is 0. The van der Waals surface area contributed by atoms with Crippen LogP contribution < -0.4 is 16.0 Å². The van der Waals surface area contributed by atoms with Gasteiger partial charge in [0.15, 0.2) is 5.82 Å². The lowest BCUT2D eigenvalue weighted by atomic mass is 9.91. The maximum atomic E-state index is 13.5. The lowest BCUT2D eigenvalue weighted by Crippen LogP contribution is -2.39. The fourth-order valence-corrected chi connectivity index (χ4v) is 4.20. The van der Waals surface area contributed by atoms with Crippen molar-refractivity contribution in [2.24, 2.45) is 5.73 Å². The van der Waals surface area contributed by atoms with Crippen LogP contribution >= 0.6 is 0 Å². The number of rotatable bonds is 5. The van der Waals surface area contributed by atoms with E-state index < -0.39 is 5.92 Å². The maximum absolute atomic E-state index is 13.5. The zero-order chi connectivity index (χ0) is 19.7. The summed E-state index contributed by atoms with van der Waals surface area (Å²) in [7, 11) is 2.01. The molecular formula is C19H27F2N7. The molecule has 0 aliphatic heterocycles. The zero-order valence-corrected chi connectivity index (χ0v) is 16.0. The second-order valence-electron chi connectivity index (χ2n) is 8.05. The van der Waals surface area contributed by atoms with Crippen LogP contribution in [0.2, 0.25) is 0 Å². The molecule has 0 amide bonds. The molecule has 2 aliphatic carbocycles. The average Bonchev–Trinajstić information content (AvgIpc) is 3.28.